The van der Waals surface area contributed by atoms with E-state index in [1.165, 1.54) is 25.7 Å². The summed E-state index contributed by atoms with van der Waals surface area (Å²) in [5.41, 5.74) is 8.00. The van der Waals surface area contributed by atoms with Crippen molar-refractivity contribution in [2.75, 3.05) is 12.3 Å². The minimum absolute atomic E-state index is 0.225. The van der Waals surface area contributed by atoms with E-state index in [4.69, 9.17) is 10.5 Å². The first kappa shape index (κ1) is 19.8. The molecule has 0 aliphatic carbocycles. The minimum atomic E-state index is -0.225. The number of nitrogen functional groups attached to an aromatic ring is 1. The highest BCUT2D eigenvalue weighted by Crippen LogP contribution is 2.15. The van der Waals surface area contributed by atoms with Crippen molar-refractivity contribution in [3.8, 4) is 5.75 Å². The number of pyridine rings is 1. The molecule has 0 saturated heterocycles. The van der Waals surface area contributed by atoms with Gasteiger partial charge in [-0.3, -0.25) is 4.79 Å². The molecule has 2 rings (SSSR count). The second-order valence-electron chi connectivity index (χ2n) is 6.48. The summed E-state index contributed by atoms with van der Waals surface area (Å²) in [6.07, 6.45) is 6.08. The second-order valence-corrected chi connectivity index (χ2v) is 6.48. The predicted molar refractivity (Wildman–Crippen MR) is 105 cm³/mol. The molecule has 1 heterocycles. The minimum Gasteiger partial charge on any atom is -0.494 e. The number of hydrogen-bond donors (Lipinski definition) is 2. The summed E-state index contributed by atoms with van der Waals surface area (Å²) in [6.45, 7) is 5.20. The Bertz CT molecular complexity index is 716. The molecule has 0 fully saturated rings. The van der Waals surface area contributed by atoms with Gasteiger partial charge in [0, 0.05) is 12.2 Å². The van der Waals surface area contributed by atoms with Crippen LogP contribution in [0.2, 0.25) is 0 Å². The van der Waals surface area contributed by atoms with Crippen LogP contribution in [0.3, 0.4) is 0 Å². The predicted octanol–water partition coefficient (Wildman–Crippen LogP) is 4.25. The van der Waals surface area contributed by atoms with Crippen molar-refractivity contribution in [2.45, 2.75) is 52.5 Å². The molecule has 0 atom stereocenters. The third kappa shape index (κ3) is 6.39. The van der Waals surface area contributed by atoms with Crippen LogP contribution in [-0.2, 0) is 6.54 Å². The quantitative estimate of drug-likeness (QED) is 0.625. The number of aromatic nitrogens is 1. The number of carbonyl (C=O) groups is 1. The fourth-order valence-corrected chi connectivity index (χ4v) is 2.69. The monoisotopic (exact) mass is 355 g/mol. The molecule has 0 spiro atoms. The summed E-state index contributed by atoms with van der Waals surface area (Å²) < 4.78 is 5.81. The fourth-order valence-electron chi connectivity index (χ4n) is 2.69. The highest BCUT2D eigenvalue weighted by Gasteiger charge is 2.10. The molecule has 0 saturated carbocycles. The van der Waals surface area contributed by atoms with E-state index < -0.39 is 0 Å². The maximum absolute atomic E-state index is 12.3. The molecule has 5 heteroatoms. The van der Waals surface area contributed by atoms with Crippen LogP contribution in [0, 0.1) is 6.92 Å². The van der Waals surface area contributed by atoms with Gasteiger partial charge in [-0.2, -0.15) is 0 Å². The van der Waals surface area contributed by atoms with Gasteiger partial charge in [0.1, 0.15) is 11.6 Å². The van der Waals surface area contributed by atoms with Gasteiger partial charge in [-0.1, -0.05) is 44.7 Å². The largest absolute Gasteiger partial charge is 0.494 e. The second kappa shape index (κ2) is 10.4. The number of benzene rings is 1. The number of unbranched alkanes of at least 4 members (excludes halogenated alkanes) is 4. The lowest BCUT2D eigenvalue weighted by Gasteiger charge is -2.10. The Morgan fingerprint density at radius 1 is 1.15 bits per heavy atom. The van der Waals surface area contributed by atoms with E-state index in [2.05, 4.69) is 17.2 Å². The van der Waals surface area contributed by atoms with Gasteiger partial charge in [0.2, 0.25) is 0 Å². The van der Waals surface area contributed by atoms with Crippen molar-refractivity contribution in [1.29, 1.82) is 0 Å². The van der Waals surface area contributed by atoms with Gasteiger partial charge in [-0.15, -0.1) is 0 Å². The van der Waals surface area contributed by atoms with Crippen LogP contribution < -0.4 is 15.8 Å². The summed E-state index contributed by atoms with van der Waals surface area (Å²) in [4.78, 5) is 16.4. The zero-order valence-electron chi connectivity index (χ0n) is 15.8. The third-order valence-corrected chi connectivity index (χ3v) is 4.18. The zero-order valence-corrected chi connectivity index (χ0v) is 15.8. The van der Waals surface area contributed by atoms with Crippen molar-refractivity contribution in [3.05, 3.63) is 53.2 Å². The molecule has 5 nitrogen and oxygen atoms in total. The molecule has 0 radical (unpaired) electrons. The van der Waals surface area contributed by atoms with Crippen LogP contribution in [0.15, 0.2) is 36.4 Å². The number of ether oxygens (including phenoxy) is 1. The molecule has 1 aromatic heterocycles. The van der Waals surface area contributed by atoms with Crippen LogP contribution in [0.1, 0.15) is 60.6 Å². The highest BCUT2D eigenvalue weighted by molar-refractivity contribution is 5.98. The lowest BCUT2D eigenvalue weighted by atomic mass is 10.1. The average Bonchev–Trinajstić information content (AvgIpc) is 2.63. The molecule has 1 amide bonds. The summed E-state index contributed by atoms with van der Waals surface area (Å²) >= 11 is 0. The summed E-state index contributed by atoms with van der Waals surface area (Å²) in [5.74, 6) is 0.864. The average molecular weight is 355 g/mol. The van der Waals surface area contributed by atoms with Crippen molar-refractivity contribution in [1.82, 2.24) is 10.3 Å². The van der Waals surface area contributed by atoms with Crippen molar-refractivity contribution < 1.29 is 9.53 Å². The van der Waals surface area contributed by atoms with E-state index in [-0.39, 0.29) is 11.7 Å². The lowest BCUT2D eigenvalue weighted by molar-refractivity contribution is 0.0951. The van der Waals surface area contributed by atoms with Gasteiger partial charge in [-0.25, -0.2) is 4.98 Å². The van der Waals surface area contributed by atoms with Crippen LogP contribution in [-0.4, -0.2) is 17.5 Å². The maximum atomic E-state index is 12.3. The van der Waals surface area contributed by atoms with Crippen LogP contribution in [0.5, 0.6) is 5.75 Å². The number of carbonyl (C=O) groups excluding carboxylic acids is 1. The van der Waals surface area contributed by atoms with E-state index in [9.17, 15) is 4.79 Å². The fraction of sp³-hybridized carbons (Fsp3) is 0.429. The van der Waals surface area contributed by atoms with Gasteiger partial charge >= 0.3 is 0 Å². The number of rotatable bonds is 10. The Kier molecular flexibility index (Phi) is 7.93. The third-order valence-electron chi connectivity index (χ3n) is 4.18. The normalized spacial score (nSPS) is 10.5. The number of nitrogens with two attached hydrogens (primary N) is 1. The summed E-state index contributed by atoms with van der Waals surface area (Å²) in [5, 5.41) is 2.88. The molecule has 26 heavy (non-hydrogen) atoms. The molecule has 1 aromatic carbocycles. The Hall–Kier alpha value is -2.56. The number of nitrogens with one attached hydrogen (secondary N) is 1. The van der Waals surface area contributed by atoms with E-state index in [1.807, 2.05) is 31.2 Å². The van der Waals surface area contributed by atoms with E-state index >= 15 is 0 Å². The van der Waals surface area contributed by atoms with Crippen LogP contribution in [0.4, 0.5) is 5.82 Å². The molecule has 140 valence electrons. The molecule has 0 unspecified atom stereocenters. The lowest BCUT2D eigenvalue weighted by Crippen LogP contribution is -2.24. The topological polar surface area (TPSA) is 77.2 Å². The standard InChI is InChI=1S/C21H29N3O2/c1-3-4-5-6-7-13-26-18-10-8-9-17(14-18)15-23-21(25)19-12-11-16(2)24-20(19)22/h8-12,14H,3-7,13,15H2,1-2H3,(H2,22,24)(H,23,25). The molecule has 0 aliphatic heterocycles. The first-order valence-electron chi connectivity index (χ1n) is 9.33. The van der Waals surface area contributed by atoms with Gasteiger partial charge in [0.25, 0.3) is 5.91 Å². The maximum Gasteiger partial charge on any atom is 0.255 e. The van der Waals surface area contributed by atoms with Gasteiger partial charge in [0.05, 0.1) is 12.2 Å². The number of nitrogens with zero attached hydrogens (tertiary/aromatic N) is 1. The number of aryl methyl sites for hydroxylation is 1. The van der Waals surface area contributed by atoms with Gasteiger partial charge in [0.15, 0.2) is 0 Å². The summed E-state index contributed by atoms with van der Waals surface area (Å²) in [6, 6.07) is 11.3. The van der Waals surface area contributed by atoms with Gasteiger partial charge in [-0.05, 0) is 43.2 Å². The van der Waals surface area contributed by atoms with Crippen molar-refractivity contribution >= 4 is 11.7 Å². The molecular formula is C21H29N3O2. The molecule has 3 N–H and O–H groups in total. The molecule has 2 aromatic rings. The molecule has 0 bridgehead atoms. The molecular weight excluding hydrogens is 326 g/mol. The van der Waals surface area contributed by atoms with E-state index in [1.54, 1.807) is 12.1 Å². The van der Waals surface area contributed by atoms with Crippen molar-refractivity contribution in [3.63, 3.8) is 0 Å². The first-order chi connectivity index (χ1) is 12.6. The van der Waals surface area contributed by atoms with Crippen LogP contribution in [0.25, 0.3) is 0 Å². The Balaban J connectivity index is 1.81. The van der Waals surface area contributed by atoms with E-state index in [0.29, 0.717) is 12.1 Å². The Morgan fingerprint density at radius 2 is 1.96 bits per heavy atom. The summed E-state index contributed by atoms with van der Waals surface area (Å²) in [7, 11) is 0. The number of hydrogen-bond acceptors (Lipinski definition) is 4. The highest BCUT2D eigenvalue weighted by atomic mass is 16.5. The van der Waals surface area contributed by atoms with Crippen molar-refractivity contribution in [2.24, 2.45) is 0 Å². The molecule has 0 aliphatic rings. The zero-order chi connectivity index (χ0) is 18.8. The van der Waals surface area contributed by atoms with E-state index in [0.717, 1.165) is 30.0 Å². The van der Waals surface area contributed by atoms with Crippen LogP contribution >= 0.6 is 0 Å². The Morgan fingerprint density at radius 3 is 2.73 bits per heavy atom. The SMILES string of the molecule is CCCCCCCOc1cccc(CNC(=O)c2ccc(C)nc2N)c1. The van der Waals surface area contributed by atoms with Gasteiger partial charge < -0.3 is 15.8 Å². The number of anilines is 1. The number of amides is 1. The Labute approximate surface area is 156 Å². The first-order valence-corrected chi connectivity index (χ1v) is 9.33. The smallest absolute Gasteiger partial charge is 0.255 e.